The van der Waals surface area contributed by atoms with Crippen LogP contribution in [-0.2, 0) is 4.74 Å². The van der Waals surface area contributed by atoms with E-state index in [4.69, 9.17) is 16.3 Å². The molecule has 1 aromatic carbocycles. The van der Waals surface area contributed by atoms with Crippen LogP contribution < -0.4 is 5.56 Å². The fraction of sp³-hybridized carbons (Fsp3) is 0.350. The molecule has 1 N–H and O–H groups in total. The average Bonchev–Trinajstić information content (AvgIpc) is 2.63. The third kappa shape index (κ3) is 4.38. The van der Waals surface area contributed by atoms with Gasteiger partial charge in [0.25, 0.3) is 5.56 Å². The van der Waals surface area contributed by atoms with Crippen molar-refractivity contribution in [2.24, 2.45) is 5.92 Å². The summed E-state index contributed by atoms with van der Waals surface area (Å²) >= 11 is 8.05. The Morgan fingerprint density at radius 3 is 2.68 bits per heavy atom. The van der Waals surface area contributed by atoms with Crippen molar-refractivity contribution >= 4 is 28.9 Å². The summed E-state index contributed by atoms with van der Waals surface area (Å²) < 4.78 is 5.47. The first-order valence-corrected chi connectivity index (χ1v) is 10.0. The molecule has 1 fully saturated rings. The second-order valence-electron chi connectivity index (χ2n) is 6.26. The topological polar surface area (TPSA) is 42.1 Å². The molecule has 3 rings (SSSR count). The maximum absolute atomic E-state index is 12.1. The highest BCUT2D eigenvalue weighted by Crippen LogP contribution is 2.32. The monoisotopic (exact) mass is 375 g/mol. The Morgan fingerprint density at radius 1 is 1.28 bits per heavy atom. The standard InChI is InChI=1S/C20H22ClNO2S/c1-13-3-5-18(22-20(13)23)16(11-14-7-9-24-10-8-14)15-4-6-19(25-2)17(21)12-15/h3-6,11-12,14H,7-10H2,1-2H3,(H,22,23)/b16-11-. The number of nitrogens with one attached hydrogen (secondary N) is 1. The third-order valence-corrected chi connectivity index (χ3v) is 5.75. The Morgan fingerprint density at radius 2 is 2.04 bits per heavy atom. The maximum Gasteiger partial charge on any atom is 0.251 e. The van der Waals surface area contributed by atoms with E-state index in [1.54, 1.807) is 11.8 Å². The first kappa shape index (κ1) is 18.3. The van der Waals surface area contributed by atoms with Gasteiger partial charge in [0.1, 0.15) is 0 Å². The van der Waals surface area contributed by atoms with Crippen LogP contribution in [0.5, 0.6) is 0 Å². The summed E-state index contributed by atoms with van der Waals surface area (Å²) in [5, 5.41) is 0.734. The Bertz CT molecular complexity index is 838. The van der Waals surface area contributed by atoms with Crippen LogP contribution in [0.4, 0.5) is 0 Å². The number of thioether (sulfide) groups is 1. The number of halogens is 1. The van der Waals surface area contributed by atoms with Crippen molar-refractivity contribution in [3.63, 3.8) is 0 Å². The predicted molar refractivity (Wildman–Crippen MR) is 106 cm³/mol. The van der Waals surface area contributed by atoms with Crippen LogP contribution >= 0.6 is 23.4 Å². The minimum absolute atomic E-state index is 0.0535. The van der Waals surface area contributed by atoms with Crippen LogP contribution in [0.3, 0.4) is 0 Å². The first-order valence-electron chi connectivity index (χ1n) is 8.42. The SMILES string of the molecule is CSc1ccc(/C(=C/C2CCOCC2)c2ccc(C)c(=O)[nH]2)cc1Cl. The summed E-state index contributed by atoms with van der Waals surface area (Å²) in [6.45, 7) is 3.38. The molecule has 3 nitrogen and oxygen atoms in total. The molecule has 1 aliphatic rings. The van der Waals surface area contributed by atoms with Crippen molar-refractivity contribution in [3.8, 4) is 0 Å². The summed E-state index contributed by atoms with van der Waals surface area (Å²) in [7, 11) is 0. The molecule has 2 heterocycles. The summed E-state index contributed by atoms with van der Waals surface area (Å²) in [6.07, 6.45) is 6.26. The largest absolute Gasteiger partial charge is 0.381 e. The smallest absolute Gasteiger partial charge is 0.251 e. The molecule has 0 saturated carbocycles. The summed E-state index contributed by atoms with van der Waals surface area (Å²) in [4.78, 5) is 16.2. The molecule has 0 radical (unpaired) electrons. The van der Waals surface area contributed by atoms with Gasteiger partial charge in [0.05, 0.1) is 5.02 Å². The molecule has 0 aliphatic carbocycles. The Hall–Kier alpha value is -1.49. The molecule has 1 aliphatic heterocycles. The number of pyridine rings is 1. The summed E-state index contributed by atoms with van der Waals surface area (Å²) in [5.74, 6) is 0.438. The Kier molecular flexibility index (Phi) is 6.05. The summed E-state index contributed by atoms with van der Waals surface area (Å²) in [6, 6.07) is 9.92. The third-order valence-electron chi connectivity index (χ3n) is 4.53. The number of aryl methyl sites for hydroxylation is 1. The van der Waals surface area contributed by atoms with Gasteiger partial charge in [-0.25, -0.2) is 0 Å². The van der Waals surface area contributed by atoms with E-state index in [1.807, 2.05) is 37.4 Å². The molecule has 25 heavy (non-hydrogen) atoms. The number of rotatable bonds is 4. The normalized spacial score (nSPS) is 16.2. The molecular weight excluding hydrogens is 354 g/mol. The predicted octanol–water partition coefficient (Wildman–Crippen LogP) is 4.92. The molecule has 0 bridgehead atoms. The zero-order valence-corrected chi connectivity index (χ0v) is 16.0. The number of hydrogen-bond acceptors (Lipinski definition) is 3. The van der Waals surface area contributed by atoms with Gasteiger partial charge in [0.15, 0.2) is 0 Å². The Balaban J connectivity index is 2.07. The lowest BCUT2D eigenvalue weighted by Crippen LogP contribution is -2.15. The van der Waals surface area contributed by atoms with E-state index in [2.05, 4.69) is 17.1 Å². The van der Waals surface area contributed by atoms with Gasteiger partial charge in [-0.05, 0) is 55.7 Å². The van der Waals surface area contributed by atoms with Gasteiger partial charge in [-0.2, -0.15) is 0 Å². The molecule has 0 atom stereocenters. The van der Waals surface area contributed by atoms with Crippen LogP contribution in [0, 0.1) is 12.8 Å². The van der Waals surface area contributed by atoms with Crippen LogP contribution in [0.25, 0.3) is 5.57 Å². The Labute approximate surface area is 157 Å². The van der Waals surface area contributed by atoms with Crippen molar-refractivity contribution in [2.45, 2.75) is 24.7 Å². The number of benzene rings is 1. The van der Waals surface area contributed by atoms with Crippen LogP contribution in [0.2, 0.25) is 5.02 Å². The van der Waals surface area contributed by atoms with Crippen LogP contribution in [-0.4, -0.2) is 24.5 Å². The van der Waals surface area contributed by atoms with E-state index < -0.39 is 0 Å². The minimum atomic E-state index is -0.0535. The minimum Gasteiger partial charge on any atom is -0.381 e. The lowest BCUT2D eigenvalue weighted by molar-refractivity contribution is 0.0786. The zero-order valence-electron chi connectivity index (χ0n) is 14.5. The molecule has 5 heteroatoms. The van der Waals surface area contributed by atoms with E-state index >= 15 is 0 Å². The number of ether oxygens (including phenoxy) is 1. The van der Waals surface area contributed by atoms with E-state index in [9.17, 15) is 4.79 Å². The fourth-order valence-electron chi connectivity index (χ4n) is 3.00. The molecule has 0 spiro atoms. The van der Waals surface area contributed by atoms with Gasteiger partial charge in [-0.1, -0.05) is 29.8 Å². The van der Waals surface area contributed by atoms with Gasteiger partial charge < -0.3 is 9.72 Å². The van der Waals surface area contributed by atoms with Gasteiger partial charge in [0, 0.05) is 34.9 Å². The van der Waals surface area contributed by atoms with Crippen molar-refractivity contribution in [1.82, 2.24) is 4.98 Å². The van der Waals surface area contributed by atoms with Crippen molar-refractivity contribution < 1.29 is 4.74 Å². The van der Waals surface area contributed by atoms with E-state index in [0.717, 1.165) is 52.8 Å². The van der Waals surface area contributed by atoms with E-state index in [-0.39, 0.29) is 5.56 Å². The second kappa shape index (κ2) is 8.26. The lowest BCUT2D eigenvalue weighted by atomic mass is 9.92. The fourth-order valence-corrected chi connectivity index (χ4v) is 3.87. The average molecular weight is 376 g/mol. The molecule has 1 saturated heterocycles. The van der Waals surface area contributed by atoms with Gasteiger partial charge in [-0.3, -0.25) is 4.79 Å². The summed E-state index contributed by atoms with van der Waals surface area (Å²) in [5.41, 5.74) is 3.54. The number of allylic oxidation sites excluding steroid dienone is 1. The number of hydrogen-bond donors (Lipinski definition) is 1. The van der Waals surface area contributed by atoms with E-state index in [1.165, 1.54) is 0 Å². The highest BCUT2D eigenvalue weighted by Gasteiger charge is 2.16. The number of aromatic amines is 1. The first-order chi connectivity index (χ1) is 12.1. The van der Waals surface area contributed by atoms with Crippen molar-refractivity contribution in [3.05, 3.63) is 68.6 Å². The second-order valence-corrected chi connectivity index (χ2v) is 7.52. The number of aromatic nitrogens is 1. The van der Waals surface area contributed by atoms with Crippen LogP contribution in [0.15, 0.2) is 46.1 Å². The highest BCUT2D eigenvalue weighted by molar-refractivity contribution is 7.98. The molecule has 0 unspecified atom stereocenters. The molecule has 2 aromatic rings. The van der Waals surface area contributed by atoms with Gasteiger partial charge >= 0.3 is 0 Å². The molecule has 132 valence electrons. The molecular formula is C20H22ClNO2S. The number of H-pyrrole nitrogens is 1. The van der Waals surface area contributed by atoms with Crippen molar-refractivity contribution in [1.29, 1.82) is 0 Å². The molecule has 1 aromatic heterocycles. The highest BCUT2D eigenvalue weighted by atomic mass is 35.5. The van der Waals surface area contributed by atoms with Gasteiger partial charge in [-0.15, -0.1) is 11.8 Å². The van der Waals surface area contributed by atoms with Gasteiger partial charge in [0.2, 0.25) is 0 Å². The van der Waals surface area contributed by atoms with Crippen LogP contribution in [0.1, 0.15) is 29.7 Å². The lowest BCUT2D eigenvalue weighted by Gasteiger charge is -2.21. The van der Waals surface area contributed by atoms with E-state index in [0.29, 0.717) is 11.5 Å². The quantitative estimate of drug-likeness (QED) is 0.771. The zero-order chi connectivity index (χ0) is 17.8. The maximum atomic E-state index is 12.1. The molecule has 0 amide bonds. The van der Waals surface area contributed by atoms with Crippen molar-refractivity contribution in [2.75, 3.05) is 19.5 Å².